The molecule has 2 aromatic heterocycles. The van der Waals surface area contributed by atoms with Crippen LogP contribution in [0.25, 0.3) is 11.0 Å². The molecule has 0 spiro atoms. The van der Waals surface area contributed by atoms with Gasteiger partial charge >= 0.3 is 0 Å². The normalized spacial score (nSPS) is 16.4. The first kappa shape index (κ1) is 16.8. The van der Waals surface area contributed by atoms with E-state index in [1.54, 1.807) is 24.0 Å². The van der Waals surface area contributed by atoms with Gasteiger partial charge in [-0.25, -0.2) is 8.42 Å². The lowest BCUT2D eigenvalue weighted by atomic mass is 10.2. The molecule has 1 saturated heterocycles. The van der Waals surface area contributed by atoms with Crippen molar-refractivity contribution >= 4 is 27.0 Å². The molecule has 24 heavy (non-hydrogen) atoms. The molecule has 1 fully saturated rings. The number of nitrogens with one attached hydrogen (secondary N) is 1. The Morgan fingerprint density at radius 3 is 2.83 bits per heavy atom. The molecule has 1 N–H and O–H groups in total. The van der Waals surface area contributed by atoms with Crippen LogP contribution in [0.1, 0.15) is 10.4 Å². The fraction of sp³-hybridized carbons (Fsp3) is 0.500. The van der Waals surface area contributed by atoms with Crippen molar-refractivity contribution in [2.75, 3.05) is 38.6 Å². The van der Waals surface area contributed by atoms with Gasteiger partial charge in [0.2, 0.25) is 10.0 Å². The predicted octanol–water partition coefficient (Wildman–Crippen LogP) is -0.640. The highest BCUT2D eigenvalue weighted by Crippen LogP contribution is 2.11. The molecule has 3 rings (SSSR count). The third kappa shape index (κ3) is 3.55. The maximum Gasteiger partial charge on any atom is 0.252 e. The molecular formula is C14H19N5O4S. The van der Waals surface area contributed by atoms with Crippen LogP contribution in [0.15, 0.2) is 18.5 Å². The summed E-state index contributed by atoms with van der Waals surface area (Å²) in [5, 5.41) is 6.69. The molecule has 0 aromatic carbocycles. The Bertz CT molecular complexity index is 842. The summed E-state index contributed by atoms with van der Waals surface area (Å²) in [5.41, 5.74) is 1.81. The van der Waals surface area contributed by atoms with Crippen molar-refractivity contribution in [1.82, 2.24) is 24.4 Å². The number of carbonyl (C=O) groups is 1. The molecule has 1 amide bonds. The van der Waals surface area contributed by atoms with E-state index in [-0.39, 0.29) is 18.2 Å². The fourth-order valence-electron chi connectivity index (χ4n) is 2.50. The summed E-state index contributed by atoms with van der Waals surface area (Å²) in [6.07, 6.45) is 3.07. The number of ether oxygens (including phenoxy) is 1. The number of morpholine rings is 1. The number of aryl methyl sites for hydroxylation is 1. The third-order valence-corrected chi connectivity index (χ3v) is 5.74. The molecule has 0 bridgehead atoms. The van der Waals surface area contributed by atoms with Gasteiger partial charge in [0, 0.05) is 32.9 Å². The quantitative estimate of drug-likeness (QED) is 0.766. The van der Waals surface area contributed by atoms with Crippen molar-refractivity contribution < 1.29 is 17.9 Å². The zero-order valence-electron chi connectivity index (χ0n) is 13.3. The van der Waals surface area contributed by atoms with Crippen LogP contribution >= 0.6 is 0 Å². The number of nitrogens with zero attached hydrogens (tertiary/aromatic N) is 4. The Labute approximate surface area is 139 Å². The summed E-state index contributed by atoms with van der Waals surface area (Å²) in [4.78, 5) is 16.3. The zero-order valence-corrected chi connectivity index (χ0v) is 14.1. The van der Waals surface area contributed by atoms with E-state index in [1.807, 2.05) is 0 Å². The van der Waals surface area contributed by atoms with E-state index in [1.165, 1.54) is 10.5 Å². The maximum atomic E-state index is 12.2. The van der Waals surface area contributed by atoms with Crippen LogP contribution in [0.4, 0.5) is 0 Å². The lowest BCUT2D eigenvalue weighted by molar-refractivity contribution is 0.0730. The van der Waals surface area contributed by atoms with Crippen LogP contribution in [0.5, 0.6) is 0 Å². The summed E-state index contributed by atoms with van der Waals surface area (Å²) < 4.78 is 32.5. The first-order valence-corrected chi connectivity index (χ1v) is 9.20. The Balaban J connectivity index is 1.59. The minimum absolute atomic E-state index is 0.0436. The standard InChI is InChI=1S/C14H19N5O4S/c1-18-13-8-11(9-16-12(13)10-17-18)14(20)15-2-7-24(21,22)19-3-5-23-6-4-19/h8-10H,2-7H2,1H3,(H,15,20). The van der Waals surface area contributed by atoms with Crippen LogP contribution < -0.4 is 5.32 Å². The van der Waals surface area contributed by atoms with Gasteiger partial charge in [0.15, 0.2) is 0 Å². The van der Waals surface area contributed by atoms with Crippen LogP contribution in [-0.4, -0.2) is 72.0 Å². The van der Waals surface area contributed by atoms with Gasteiger partial charge in [0.25, 0.3) is 5.91 Å². The number of fused-ring (bicyclic) bond motifs is 1. The van der Waals surface area contributed by atoms with E-state index in [9.17, 15) is 13.2 Å². The maximum absolute atomic E-state index is 12.2. The summed E-state index contributed by atoms with van der Waals surface area (Å²) in [6.45, 7) is 1.57. The second-order valence-electron chi connectivity index (χ2n) is 5.48. The van der Waals surface area contributed by atoms with Gasteiger partial charge in [0.1, 0.15) is 5.52 Å². The molecule has 10 heteroatoms. The lowest BCUT2D eigenvalue weighted by Gasteiger charge is -2.26. The number of carbonyl (C=O) groups excluding carboxylic acids is 1. The molecule has 9 nitrogen and oxygen atoms in total. The molecule has 1 aliphatic heterocycles. The van der Waals surface area contributed by atoms with Crippen molar-refractivity contribution in [3.05, 3.63) is 24.0 Å². The number of aromatic nitrogens is 3. The smallest absolute Gasteiger partial charge is 0.252 e. The van der Waals surface area contributed by atoms with Crippen LogP contribution in [0.3, 0.4) is 0 Å². The molecular weight excluding hydrogens is 334 g/mol. The van der Waals surface area contributed by atoms with Crippen molar-refractivity contribution in [1.29, 1.82) is 0 Å². The van der Waals surface area contributed by atoms with Gasteiger partial charge in [-0.15, -0.1) is 0 Å². The Morgan fingerprint density at radius 1 is 1.33 bits per heavy atom. The largest absolute Gasteiger partial charge is 0.379 e. The summed E-state index contributed by atoms with van der Waals surface area (Å²) in [6, 6.07) is 1.68. The Morgan fingerprint density at radius 2 is 2.08 bits per heavy atom. The molecule has 0 aliphatic carbocycles. The predicted molar refractivity (Wildman–Crippen MR) is 87.0 cm³/mol. The average Bonchev–Trinajstić information content (AvgIpc) is 2.96. The van der Waals surface area contributed by atoms with E-state index in [0.717, 1.165) is 5.52 Å². The molecule has 1 aliphatic rings. The second-order valence-corrected chi connectivity index (χ2v) is 7.57. The number of hydrogen-bond donors (Lipinski definition) is 1. The number of rotatable bonds is 5. The SMILES string of the molecule is Cn1ncc2ncc(C(=O)NCCS(=O)(=O)N3CCOCC3)cc21. The van der Waals surface area contributed by atoms with Crippen molar-refractivity contribution in [3.63, 3.8) is 0 Å². The Hall–Kier alpha value is -2.04. The lowest BCUT2D eigenvalue weighted by Crippen LogP contribution is -2.43. The topological polar surface area (TPSA) is 106 Å². The van der Waals surface area contributed by atoms with Crippen LogP contribution in [0, 0.1) is 0 Å². The number of amides is 1. The van der Waals surface area contributed by atoms with Gasteiger partial charge in [-0.05, 0) is 6.07 Å². The average molecular weight is 353 g/mol. The number of pyridine rings is 1. The molecule has 0 radical (unpaired) electrons. The van der Waals surface area contributed by atoms with Gasteiger partial charge in [-0.2, -0.15) is 9.40 Å². The zero-order chi connectivity index (χ0) is 17.2. The third-order valence-electron chi connectivity index (χ3n) is 3.87. The monoisotopic (exact) mass is 353 g/mol. The molecule has 0 atom stereocenters. The first-order valence-electron chi connectivity index (χ1n) is 7.59. The fourth-order valence-corrected chi connectivity index (χ4v) is 3.82. The van der Waals surface area contributed by atoms with E-state index in [4.69, 9.17) is 4.74 Å². The van der Waals surface area contributed by atoms with E-state index in [0.29, 0.717) is 37.4 Å². The number of sulfonamides is 1. The minimum Gasteiger partial charge on any atom is -0.379 e. The second kappa shape index (κ2) is 6.83. The molecule has 3 heterocycles. The Kier molecular flexibility index (Phi) is 4.78. The first-order chi connectivity index (χ1) is 11.5. The van der Waals surface area contributed by atoms with Gasteiger partial charge in [-0.3, -0.25) is 14.5 Å². The summed E-state index contributed by atoms with van der Waals surface area (Å²) in [7, 11) is -1.62. The van der Waals surface area contributed by atoms with E-state index in [2.05, 4.69) is 15.4 Å². The van der Waals surface area contributed by atoms with Gasteiger partial charge < -0.3 is 10.1 Å². The molecule has 130 valence electrons. The van der Waals surface area contributed by atoms with Crippen molar-refractivity contribution in [2.24, 2.45) is 7.05 Å². The van der Waals surface area contributed by atoms with Crippen molar-refractivity contribution in [3.8, 4) is 0 Å². The van der Waals surface area contributed by atoms with E-state index >= 15 is 0 Å². The highest BCUT2D eigenvalue weighted by atomic mass is 32.2. The highest BCUT2D eigenvalue weighted by Gasteiger charge is 2.24. The van der Waals surface area contributed by atoms with Gasteiger partial charge in [0.05, 0.1) is 36.2 Å². The summed E-state index contributed by atoms with van der Waals surface area (Å²) in [5.74, 6) is -0.497. The highest BCUT2D eigenvalue weighted by molar-refractivity contribution is 7.89. The number of hydrogen-bond acceptors (Lipinski definition) is 6. The summed E-state index contributed by atoms with van der Waals surface area (Å²) >= 11 is 0. The molecule has 0 saturated carbocycles. The van der Waals surface area contributed by atoms with Crippen molar-refractivity contribution in [2.45, 2.75) is 0 Å². The van der Waals surface area contributed by atoms with Crippen LogP contribution in [0.2, 0.25) is 0 Å². The van der Waals surface area contributed by atoms with Gasteiger partial charge in [-0.1, -0.05) is 0 Å². The minimum atomic E-state index is -3.38. The molecule has 2 aromatic rings. The van der Waals surface area contributed by atoms with Crippen LogP contribution in [-0.2, 0) is 21.8 Å². The molecule has 0 unspecified atom stereocenters. The van der Waals surface area contributed by atoms with E-state index < -0.39 is 10.0 Å².